The summed E-state index contributed by atoms with van der Waals surface area (Å²) in [6.07, 6.45) is -1.34. The summed E-state index contributed by atoms with van der Waals surface area (Å²) in [7, 11) is 0. The first-order valence-electron chi connectivity index (χ1n) is 6.55. The molecule has 0 bridgehead atoms. The molecule has 1 saturated carbocycles. The maximum Gasteiger partial charge on any atom is 0.407 e. The second kappa shape index (κ2) is 6.21. The van der Waals surface area contributed by atoms with Gasteiger partial charge in [0.2, 0.25) is 0 Å². The van der Waals surface area contributed by atoms with Crippen molar-refractivity contribution < 1.29 is 23.5 Å². The second-order valence-corrected chi connectivity index (χ2v) is 5.62. The smallest absolute Gasteiger partial charge is 0.407 e. The molecule has 3 atom stereocenters. The minimum absolute atomic E-state index is 0.240. The van der Waals surface area contributed by atoms with E-state index in [-0.39, 0.29) is 13.0 Å². The largest absolute Gasteiger partial charge is 0.466 e. The molecule has 0 aromatic carbocycles. The molecule has 19 heavy (non-hydrogen) atoms. The van der Waals surface area contributed by atoms with E-state index in [0.717, 1.165) is 0 Å². The molecule has 0 aliphatic heterocycles. The lowest BCUT2D eigenvalue weighted by Gasteiger charge is -2.24. The van der Waals surface area contributed by atoms with E-state index in [2.05, 4.69) is 5.32 Å². The van der Waals surface area contributed by atoms with E-state index >= 15 is 0 Å². The number of amides is 1. The molecule has 1 rings (SSSR count). The molecule has 1 aliphatic rings. The zero-order chi connectivity index (χ0) is 14.6. The van der Waals surface area contributed by atoms with Crippen molar-refractivity contribution in [2.75, 3.05) is 6.61 Å². The molecule has 5 nitrogen and oxygen atoms in total. The van der Waals surface area contributed by atoms with Crippen LogP contribution in [0.25, 0.3) is 0 Å². The Morgan fingerprint density at radius 1 is 1.32 bits per heavy atom. The lowest BCUT2D eigenvalue weighted by molar-refractivity contribution is -0.148. The Labute approximate surface area is 112 Å². The van der Waals surface area contributed by atoms with E-state index in [9.17, 15) is 14.0 Å². The van der Waals surface area contributed by atoms with Gasteiger partial charge in [-0.1, -0.05) is 0 Å². The van der Waals surface area contributed by atoms with Crippen LogP contribution < -0.4 is 5.32 Å². The highest BCUT2D eigenvalue weighted by Gasteiger charge is 2.43. The van der Waals surface area contributed by atoms with Gasteiger partial charge in [-0.05, 0) is 40.5 Å². The number of hydrogen-bond donors (Lipinski definition) is 1. The number of hydrogen-bond acceptors (Lipinski definition) is 4. The summed E-state index contributed by atoms with van der Waals surface area (Å²) < 4.78 is 23.7. The number of alkyl carbamates (subject to hydrolysis) is 1. The van der Waals surface area contributed by atoms with Crippen LogP contribution in [0.1, 0.15) is 40.5 Å². The van der Waals surface area contributed by atoms with E-state index in [1.165, 1.54) is 0 Å². The average Bonchev–Trinajstić information content (AvgIpc) is 2.58. The number of esters is 1. The van der Waals surface area contributed by atoms with Crippen molar-refractivity contribution in [3.8, 4) is 0 Å². The monoisotopic (exact) mass is 275 g/mol. The van der Waals surface area contributed by atoms with Gasteiger partial charge in [0.15, 0.2) is 0 Å². The van der Waals surface area contributed by atoms with Gasteiger partial charge in [0.1, 0.15) is 11.8 Å². The lowest BCUT2D eigenvalue weighted by atomic mass is 10.0. The highest BCUT2D eigenvalue weighted by Crippen LogP contribution is 2.30. The molecule has 1 amide bonds. The van der Waals surface area contributed by atoms with E-state index in [1.807, 2.05) is 0 Å². The van der Waals surface area contributed by atoms with Gasteiger partial charge in [0.25, 0.3) is 0 Å². The predicted octanol–water partition coefficient (Wildman–Crippen LogP) is 2.19. The number of halogens is 1. The summed E-state index contributed by atoms with van der Waals surface area (Å²) in [6, 6.07) is -0.867. The van der Waals surface area contributed by atoms with Crippen LogP contribution in [0.15, 0.2) is 0 Å². The molecule has 1 N–H and O–H groups in total. The first-order chi connectivity index (χ1) is 8.74. The van der Waals surface area contributed by atoms with Crippen LogP contribution >= 0.6 is 0 Å². The molecule has 1 fully saturated rings. The first kappa shape index (κ1) is 15.7. The van der Waals surface area contributed by atoms with Crippen LogP contribution in [0.3, 0.4) is 0 Å². The van der Waals surface area contributed by atoms with Gasteiger partial charge in [-0.3, -0.25) is 4.79 Å². The van der Waals surface area contributed by atoms with Crippen molar-refractivity contribution in [2.24, 2.45) is 5.92 Å². The lowest BCUT2D eigenvalue weighted by Crippen LogP contribution is -2.47. The van der Waals surface area contributed by atoms with Crippen LogP contribution in [-0.4, -0.2) is 36.5 Å². The zero-order valence-electron chi connectivity index (χ0n) is 11.9. The summed E-state index contributed by atoms with van der Waals surface area (Å²) in [5.74, 6) is -1.11. The van der Waals surface area contributed by atoms with Crippen LogP contribution in [0.4, 0.5) is 9.18 Å². The van der Waals surface area contributed by atoms with Crippen molar-refractivity contribution in [3.05, 3.63) is 0 Å². The molecule has 0 saturated heterocycles. The Morgan fingerprint density at radius 3 is 2.47 bits per heavy atom. The summed E-state index contributed by atoms with van der Waals surface area (Å²) in [5, 5.41) is 2.44. The third kappa shape index (κ3) is 4.69. The Balaban J connectivity index is 2.62. The maximum atomic E-state index is 13.8. The van der Waals surface area contributed by atoms with Gasteiger partial charge < -0.3 is 14.8 Å². The molecule has 0 aromatic heterocycles. The predicted molar refractivity (Wildman–Crippen MR) is 67.4 cm³/mol. The Hall–Kier alpha value is -1.33. The quantitative estimate of drug-likeness (QED) is 0.802. The van der Waals surface area contributed by atoms with Crippen molar-refractivity contribution in [2.45, 2.75) is 58.4 Å². The van der Waals surface area contributed by atoms with Crippen molar-refractivity contribution in [1.82, 2.24) is 5.32 Å². The molecule has 0 heterocycles. The third-order valence-corrected chi connectivity index (χ3v) is 2.85. The highest BCUT2D eigenvalue weighted by atomic mass is 19.1. The number of ether oxygens (including phenoxy) is 2. The summed E-state index contributed by atoms with van der Waals surface area (Å²) in [5.41, 5.74) is -0.659. The summed E-state index contributed by atoms with van der Waals surface area (Å²) in [4.78, 5) is 23.3. The van der Waals surface area contributed by atoms with Crippen LogP contribution in [0.2, 0.25) is 0 Å². The van der Waals surface area contributed by atoms with Crippen LogP contribution in [-0.2, 0) is 14.3 Å². The number of alkyl halides is 1. The van der Waals surface area contributed by atoms with Crippen molar-refractivity contribution in [3.63, 3.8) is 0 Å². The maximum absolute atomic E-state index is 13.8. The molecule has 110 valence electrons. The van der Waals surface area contributed by atoms with Gasteiger partial charge >= 0.3 is 12.1 Å². The molecule has 0 aromatic rings. The topological polar surface area (TPSA) is 64.6 Å². The molecule has 0 radical (unpaired) electrons. The van der Waals surface area contributed by atoms with E-state index in [0.29, 0.717) is 6.42 Å². The molecular formula is C13H22FNO4. The highest BCUT2D eigenvalue weighted by molar-refractivity contribution is 5.76. The van der Waals surface area contributed by atoms with E-state index < -0.39 is 35.8 Å². The van der Waals surface area contributed by atoms with Gasteiger partial charge in [-0.2, -0.15) is 0 Å². The SMILES string of the molecule is CCOC(=O)[C@@H]1CC[C@H](F)[C@H]1NC(=O)OC(C)(C)C. The fourth-order valence-corrected chi connectivity index (χ4v) is 2.10. The zero-order valence-corrected chi connectivity index (χ0v) is 11.9. The third-order valence-electron chi connectivity index (χ3n) is 2.85. The standard InChI is InChI=1S/C13H22FNO4/c1-5-18-11(16)8-6-7-9(14)10(8)15-12(17)19-13(2,3)4/h8-10H,5-7H2,1-4H3,(H,15,17)/t8-,9+,10+/m1/s1. The van der Waals surface area contributed by atoms with E-state index in [4.69, 9.17) is 9.47 Å². The minimum Gasteiger partial charge on any atom is -0.466 e. The van der Waals surface area contributed by atoms with Crippen LogP contribution in [0.5, 0.6) is 0 Å². The minimum atomic E-state index is -1.25. The molecule has 0 unspecified atom stereocenters. The Morgan fingerprint density at radius 2 is 1.95 bits per heavy atom. The van der Waals surface area contributed by atoms with Gasteiger partial charge in [0, 0.05) is 0 Å². The second-order valence-electron chi connectivity index (χ2n) is 5.62. The van der Waals surface area contributed by atoms with Gasteiger partial charge in [-0.15, -0.1) is 0 Å². The molecule has 1 aliphatic carbocycles. The molecule has 0 spiro atoms. The Kier molecular flexibility index (Phi) is 5.14. The average molecular weight is 275 g/mol. The summed E-state index contributed by atoms with van der Waals surface area (Å²) >= 11 is 0. The first-order valence-corrected chi connectivity index (χ1v) is 6.55. The fraction of sp³-hybridized carbons (Fsp3) is 0.846. The molecular weight excluding hydrogens is 253 g/mol. The fourth-order valence-electron chi connectivity index (χ4n) is 2.10. The van der Waals surface area contributed by atoms with Gasteiger partial charge in [-0.25, -0.2) is 9.18 Å². The van der Waals surface area contributed by atoms with Gasteiger partial charge in [0.05, 0.1) is 18.6 Å². The van der Waals surface area contributed by atoms with Crippen molar-refractivity contribution in [1.29, 1.82) is 0 Å². The molecule has 6 heteroatoms. The number of carbonyl (C=O) groups is 2. The normalized spacial score (nSPS) is 26.9. The number of nitrogens with one attached hydrogen (secondary N) is 1. The Bertz CT molecular complexity index is 340. The van der Waals surface area contributed by atoms with Crippen LogP contribution in [0, 0.1) is 5.92 Å². The van der Waals surface area contributed by atoms with Crippen molar-refractivity contribution >= 4 is 12.1 Å². The number of rotatable bonds is 3. The van der Waals surface area contributed by atoms with E-state index in [1.54, 1.807) is 27.7 Å². The summed E-state index contributed by atoms with van der Waals surface area (Å²) in [6.45, 7) is 7.09. The number of carbonyl (C=O) groups excluding carboxylic acids is 2.